The minimum atomic E-state index is 0.0117. The minimum Gasteiger partial charge on any atom is -0.508 e. The number of aromatic nitrogens is 3. The molecule has 2 N–H and O–H groups in total. The SMILES string of the molecule is CCCn1c(-c2ccc(O)cc2O)nc2cccnc21. The van der Waals surface area contributed by atoms with Gasteiger partial charge in [0.2, 0.25) is 0 Å². The van der Waals surface area contributed by atoms with Gasteiger partial charge < -0.3 is 14.8 Å². The zero-order chi connectivity index (χ0) is 14.1. The Morgan fingerprint density at radius 1 is 1.20 bits per heavy atom. The van der Waals surface area contributed by atoms with Crippen LogP contribution in [-0.2, 0) is 6.54 Å². The van der Waals surface area contributed by atoms with Crippen LogP contribution in [0.25, 0.3) is 22.6 Å². The molecule has 0 saturated heterocycles. The molecule has 1 aromatic carbocycles. The first kappa shape index (κ1) is 12.5. The molecule has 0 bridgehead atoms. The summed E-state index contributed by atoms with van der Waals surface area (Å²) >= 11 is 0. The Labute approximate surface area is 116 Å². The van der Waals surface area contributed by atoms with Gasteiger partial charge in [-0.2, -0.15) is 0 Å². The Morgan fingerprint density at radius 3 is 2.80 bits per heavy atom. The second-order valence-electron chi connectivity index (χ2n) is 4.63. The van der Waals surface area contributed by atoms with E-state index in [4.69, 9.17) is 0 Å². The molecule has 5 heteroatoms. The highest BCUT2D eigenvalue weighted by molar-refractivity contribution is 5.79. The molecule has 0 aliphatic rings. The number of aryl methyl sites for hydroxylation is 1. The van der Waals surface area contributed by atoms with Gasteiger partial charge in [0.05, 0.1) is 5.56 Å². The van der Waals surface area contributed by atoms with E-state index >= 15 is 0 Å². The van der Waals surface area contributed by atoms with Crippen molar-refractivity contribution in [2.45, 2.75) is 19.9 Å². The van der Waals surface area contributed by atoms with Gasteiger partial charge in [0.25, 0.3) is 0 Å². The Kier molecular flexibility index (Phi) is 3.02. The highest BCUT2D eigenvalue weighted by atomic mass is 16.3. The lowest BCUT2D eigenvalue weighted by Crippen LogP contribution is -2.00. The average molecular weight is 269 g/mol. The van der Waals surface area contributed by atoms with Gasteiger partial charge in [-0.05, 0) is 30.7 Å². The molecule has 5 nitrogen and oxygen atoms in total. The summed E-state index contributed by atoms with van der Waals surface area (Å²) in [6.07, 6.45) is 2.67. The van der Waals surface area contributed by atoms with E-state index in [2.05, 4.69) is 16.9 Å². The van der Waals surface area contributed by atoms with Crippen molar-refractivity contribution in [2.24, 2.45) is 0 Å². The van der Waals surface area contributed by atoms with Crippen molar-refractivity contribution in [1.82, 2.24) is 14.5 Å². The summed E-state index contributed by atoms with van der Waals surface area (Å²) in [6.45, 7) is 2.85. The third kappa shape index (κ3) is 1.97. The third-order valence-corrected chi connectivity index (χ3v) is 3.17. The van der Waals surface area contributed by atoms with E-state index in [1.165, 1.54) is 12.1 Å². The Hall–Kier alpha value is -2.56. The zero-order valence-corrected chi connectivity index (χ0v) is 11.1. The first-order chi connectivity index (χ1) is 9.70. The fourth-order valence-electron chi connectivity index (χ4n) is 2.31. The van der Waals surface area contributed by atoms with Crippen LogP contribution >= 0.6 is 0 Å². The molecule has 0 aliphatic heterocycles. The molecule has 2 aromatic heterocycles. The molecule has 0 aliphatic carbocycles. The monoisotopic (exact) mass is 269 g/mol. The second kappa shape index (κ2) is 4.85. The van der Waals surface area contributed by atoms with Crippen molar-refractivity contribution in [1.29, 1.82) is 0 Å². The smallest absolute Gasteiger partial charge is 0.160 e. The highest BCUT2D eigenvalue weighted by Gasteiger charge is 2.15. The van der Waals surface area contributed by atoms with Gasteiger partial charge in [-0.25, -0.2) is 9.97 Å². The molecule has 3 rings (SSSR count). The van der Waals surface area contributed by atoms with Crippen molar-refractivity contribution >= 4 is 11.2 Å². The molecule has 0 unspecified atom stereocenters. The fourth-order valence-corrected chi connectivity index (χ4v) is 2.31. The summed E-state index contributed by atoms with van der Waals surface area (Å²) in [5.41, 5.74) is 2.19. The zero-order valence-electron chi connectivity index (χ0n) is 11.1. The van der Waals surface area contributed by atoms with Crippen molar-refractivity contribution in [3.8, 4) is 22.9 Å². The Balaban J connectivity index is 2.26. The number of imidazole rings is 1. The Bertz CT molecular complexity index is 765. The van der Waals surface area contributed by atoms with Crippen LogP contribution in [0.15, 0.2) is 36.5 Å². The van der Waals surface area contributed by atoms with Gasteiger partial charge in [-0.3, -0.25) is 0 Å². The van der Waals surface area contributed by atoms with Crippen LogP contribution in [0.2, 0.25) is 0 Å². The lowest BCUT2D eigenvalue weighted by molar-refractivity contribution is 0.451. The van der Waals surface area contributed by atoms with Gasteiger partial charge in [0.1, 0.15) is 22.8 Å². The number of phenols is 2. The number of hydrogen-bond acceptors (Lipinski definition) is 4. The maximum atomic E-state index is 10.0. The van der Waals surface area contributed by atoms with Crippen LogP contribution in [0.3, 0.4) is 0 Å². The Morgan fingerprint density at radius 2 is 2.05 bits per heavy atom. The highest BCUT2D eigenvalue weighted by Crippen LogP contribution is 2.33. The van der Waals surface area contributed by atoms with Gasteiger partial charge in [0, 0.05) is 18.8 Å². The molecular formula is C15H15N3O2. The first-order valence-corrected chi connectivity index (χ1v) is 6.54. The van der Waals surface area contributed by atoms with E-state index in [1.54, 1.807) is 12.3 Å². The summed E-state index contributed by atoms with van der Waals surface area (Å²) in [5.74, 6) is 0.707. The molecule has 0 amide bonds. The summed E-state index contributed by atoms with van der Waals surface area (Å²) in [4.78, 5) is 8.91. The number of phenolic OH excluding ortho intramolecular Hbond substituents is 2. The number of fused-ring (bicyclic) bond motifs is 1. The predicted octanol–water partition coefficient (Wildman–Crippen LogP) is 2.92. The van der Waals surface area contributed by atoms with E-state index in [9.17, 15) is 10.2 Å². The van der Waals surface area contributed by atoms with Gasteiger partial charge >= 0.3 is 0 Å². The van der Waals surface area contributed by atoms with Crippen LogP contribution in [0.4, 0.5) is 0 Å². The molecular weight excluding hydrogens is 254 g/mol. The topological polar surface area (TPSA) is 71.2 Å². The number of rotatable bonds is 3. The summed E-state index contributed by atoms with van der Waals surface area (Å²) < 4.78 is 1.99. The molecule has 20 heavy (non-hydrogen) atoms. The van der Waals surface area contributed by atoms with E-state index < -0.39 is 0 Å². The van der Waals surface area contributed by atoms with Crippen LogP contribution in [-0.4, -0.2) is 24.7 Å². The molecule has 0 saturated carbocycles. The van der Waals surface area contributed by atoms with Crippen molar-refractivity contribution in [3.63, 3.8) is 0 Å². The van der Waals surface area contributed by atoms with Crippen LogP contribution in [0, 0.1) is 0 Å². The molecule has 0 fully saturated rings. The van der Waals surface area contributed by atoms with Crippen LogP contribution in [0.5, 0.6) is 11.5 Å². The summed E-state index contributed by atoms with van der Waals surface area (Å²) in [6, 6.07) is 8.26. The number of benzene rings is 1. The maximum absolute atomic E-state index is 10.0. The standard InChI is InChI=1S/C15H15N3O2/c1-2-8-18-14(11-6-5-10(19)9-13(11)20)17-12-4-3-7-16-15(12)18/h3-7,9,19-20H,2,8H2,1H3. The van der Waals surface area contributed by atoms with Gasteiger partial charge in [0.15, 0.2) is 5.65 Å². The van der Waals surface area contributed by atoms with Gasteiger partial charge in [-0.1, -0.05) is 6.92 Å². The van der Waals surface area contributed by atoms with Crippen LogP contribution < -0.4 is 0 Å². The number of pyridine rings is 1. The van der Waals surface area contributed by atoms with E-state index in [0.717, 1.165) is 24.1 Å². The lowest BCUT2D eigenvalue weighted by atomic mass is 10.2. The molecule has 3 aromatic rings. The quantitative estimate of drug-likeness (QED) is 0.767. The van der Waals surface area contributed by atoms with Gasteiger partial charge in [-0.15, -0.1) is 0 Å². The first-order valence-electron chi connectivity index (χ1n) is 6.54. The summed E-state index contributed by atoms with van der Waals surface area (Å²) in [7, 11) is 0. The van der Waals surface area contributed by atoms with E-state index in [-0.39, 0.29) is 11.5 Å². The molecule has 0 atom stereocenters. The van der Waals surface area contributed by atoms with Crippen molar-refractivity contribution < 1.29 is 10.2 Å². The average Bonchev–Trinajstić information content (AvgIpc) is 2.78. The van der Waals surface area contributed by atoms with Crippen molar-refractivity contribution in [2.75, 3.05) is 0 Å². The largest absolute Gasteiger partial charge is 0.508 e. The maximum Gasteiger partial charge on any atom is 0.160 e. The van der Waals surface area contributed by atoms with Crippen LogP contribution in [0.1, 0.15) is 13.3 Å². The third-order valence-electron chi connectivity index (χ3n) is 3.17. The number of hydrogen-bond donors (Lipinski definition) is 2. The minimum absolute atomic E-state index is 0.0117. The number of nitrogens with zero attached hydrogens (tertiary/aromatic N) is 3. The molecule has 0 spiro atoms. The lowest BCUT2D eigenvalue weighted by Gasteiger charge is -2.08. The predicted molar refractivity (Wildman–Crippen MR) is 76.6 cm³/mol. The van der Waals surface area contributed by atoms with E-state index in [0.29, 0.717) is 11.4 Å². The molecule has 102 valence electrons. The van der Waals surface area contributed by atoms with E-state index in [1.807, 2.05) is 16.7 Å². The summed E-state index contributed by atoms with van der Waals surface area (Å²) in [5, 5.41) is 19.4. The van der Waals surface area contributed by atoms with Crippen molar-refractivity contribution in [3.05, 3.63) is 36.5 Å². The molecule has 0 radical (unpaired) electrons. The molecule has 2 heterocycles. The fraction of sp³-hybridized carbons (Fsp3) is 0.200. The second-order valence-corrected chi connectivity index (χ2v) is 4.63. The normalized spacial score (nSPS) is 11.1. The number of aromatic hydroxyl groups is 2.